The maximum absolute atomic E-state index is 8.94. The van der Waals surface area contributed by atoms with E-state index in [1.807, 2.05) is 24.4 Å². The lowest BCUT2D eigenvalue weighted by Gasteiger charge is -2.07. The van der Waals surface area contributed by atoms with Crippen LogP contribution >= 0.6 is 0 Å². The lowest BCUT2D eigenvalue weighted by atomic mass is 10.2. The number of hydrogen-bond donors (Lipinski definition) is 2. The molecule has 2 aromatic heterocycles. The van der Waals surface area contributed by atoms with Gasteiger partial charge in [0.25, 0.3) is 0 Å². The van der Waals surface area contributed by atoms with Crippen molar-refractivity contribution in [2.75, 3.05) is 11.9 Å². The number of anilines is 2. The number of aromatic nitrogens is 3. The SMILES string of the molecule is N#Cc1cccc(Nc2ncc3ccn(CCCN)c3n2)c1. The summed E-state index contributed by atoms with van der Waals surface area (Å²) in [6.45, 7) is 1.48. The Labute approximate surface area is 128 Å². The highest BCUT2D eigenvalue weighted by molar-refractivity contribution is 5.76. The number of fused-ring (bicyclic) bond motifs is 1. The normalized spacial score (nSPS) is 10.5. The molecule has 0 aliphatic carbocycles. The standard InChI is InChI=1S/C16H16N6/c17-6-2-7-22-8-5-13-11-19-16(21-15(13)22)20-14-4-1-3-12(9-14)10-18/h1,3-5,8-9,11H,2,6-7,17H2,(H,19,20,21). The van der Waals surface area contributed by atoms with Gasteiger partial charge >= 0.3 is 0 Å². The first kappa shape index (κ1) is 14.0. The van der Waals surface area contributed by atoms with Crippen LogP contribution in [0.5, 0.6) is 0 Å². The van der Waals surface area contributed by atoms with Gasteiger partial charge in [0.05, 0.1) is 11.6 Å². The van der Waals surface area contributed by atoms with E-state index in [0.29, 0.717) is 18.1 Å². The van der Waals surface area contributed by atoms with E-state index in [0.717, 1.165) is 29.7 Å². The van der Waals surface area contributed by atoms with Crippen LogP contribution in [-0.2, 0) is 6.54 Å². The third-order valence-corrected chi connectivity index (χ3v) is 3.35. The van der Waals surface area contributed by atoms with Gasteiger partial charge < -0.3 is 15.6 Å². The number of rotatable bonds is 5. The summed E-state index contributed by atoms with van der Waals surface area (Å²) in [5, 5.41) is 13.1. The summed E-state index contributed by atoms with van der Waals surface area (Å²) >= 11 is 0. The van der Waals surface area contributed by atoms with E-state index in [1.165, 1.54) is 0 Å². The predicted molar refractivity (Wildman–Crippen MR) is 85.6 cm³/mol. The molecule has 0 radical (unpaired) electrons. The highest BCUT2D eigenvalue weighted by atomic mass is 15.1. The van der Waals surface area contributed by atoms with Crippen LogP contribution in [0.15, 0.2) is 42.7 Å². The third kappa shape index (κ3) is 2.90. The molecule has 6 heteroatoms. The molecule has 2 heterocycles. The molecule has 0 unspecified atom stereocenters. The van der Waals surface area contributed by atoms with E-state index in [9.17, 15) is 0 Å². The summed E-state index contributed by atoms with van der Waals surface area (Å²) in [6, 6.07) is 11.3. The Morgan fingerprint density at radius 3 is 3.05 bits per heavy atom. The molecule has 0 saturated heterocycles. The number of nitrogens with two attached hydrogens (primary N) is 1. The number of aryl methyl sites for hydroxylation is 1. The second-order valence-corrected chi connectivity index (χ2v) is 4.94. The second-order valence-electron chi connectivity index (χ2n) is 4.94. The summed E-state index contributed by atoms with van der Waals surface area (Å²) in [5.41, 5.74) is 7.83. The van der Waals surface area contributed by atoms with Gasteiger partial charge in [-0.3, -0.25) is 0 Å². The molecule has 0 amide bonds. The van der Waals surface area contributed by atoms with Gasteiger partial charge in [-0.05, 0) is 37.2 Å². The zero-order valence-electron chi connectivity index (χ0n) is 12.0. The zero-order valence-corrected chi connectivity index (χ0v) is 12.0. The Morgan fingerprint density at radius 2 is 2.23 bits per heavy atom. The summed E-state index contributed by atoms with van der Waals surface area (Å²) < 4.78 is 2.07. The second kappa shape index (κ2) is 6.24. The minimum absolute atomic E-state index is 0.510. The van der Waals surface area contributed by atoms with Gasteiger partial charge in [0.1, 0.15) is 5.65 Å². The molecule has 0 aliphatic rings. The number of benzene rings is 1. The Balaban J connectivity index is 1.89. The largest absolute Gasteiger partial charge is 0.332 e. The monoisotopic (exact) mass is 292 g/mol. The van der Waals surface area contributed by atoms with Crippen LogP contribution in [-0.4, -0.2) is 21.1 Å². The molecule has 0 saturated carbocycles. The maximum Gasteiger partial charge on any atom is 0.229 e. The maximum atomic E-state index is 8.94. The van der Waals surface area contributed by atoms with Gasteiger partial charge in [0.2, 0.25) is 5.95 Å². The molecule has 0 bridgehead atoms. The molecular formula is C16H16N6. The molecule has 22 heavy (non-hydrogen) atoms. The van der Waals surface area contributed by atoms with Gasteiger partial charge in [-0.25, -0.2) is 4.98 Å². The average Bonchev–Trinajstić information content (AvgIpc) is 2.95. The number of nitrogens with zero attached hydrogens (tertiary/aromatic N) is 4. The Hall–Kier alpha value is -2.91. The van der Waals surface area contributed by atoms with Crippen LogP contribution in [0.1, 0.15) is 12.0 Å². The fraction of sp³-hybridized carbons (Fsp3) is 0.188. The minimum atomic E-state index is 0.510. The zero-order chi connectivity index (χ0) is 15.4. The highest BCUT2D eigenvalue weighted by Gasteiger charge is 2.06. The fourth-order valence-corrected chi connectivity index (χ4v) is 2.27. The third-order valence-electron chi connectivity index (χ3n) is 3.35. The van der Waals surface area contributed by atoms with Crippen molar-refractivity contribution < 1.29 is 0 Å². The molecule has 110 valence electrons. The van der Waals surface area contributed by atoms with Crippen molar-refractivity contribution in [3.63, 3.8) is 0 Å². The van der Waals surface area contributed by atoms with Gasteiger partial charge in [-0.2, -0.15) is 10.2 Å². The van der Waals surface area contributed by atoms with E-state index >= 15 is 0 Å². The molecule has 6 nitrogen and oxygen atoms in total. The number of nitriles is 1. The van der Waals surface area contributed by atoms with E-state index in [4.69, 9.17) is 11.0 Å². The van der Waals surface area contributed by atoms with Crippen LogP contribution in [0.3, 0.4) is 0 Å². The molecular weight excluding hydrogens is 276 g/mol. The molecule has 1 aromatic carbocycles. The van der Waals surface area contributed by atoms with Crippen molar-refractivity contribution in [2.45, 2.75) is 13.0 Å². The fourth-order valence-electron chi connectivity index (χ4n) is 2.27. The van der Waals surface area contributed by atoms with Crippen molar-refractivity contribution in [2.24, 2.45) is 5.73 Å². The van der Waals surface area contributed by atoms with Crippen molar-refractivity contribution in [3.05, 3.63) is 48.3 Å². The minimum Gasteiger partial charge on any atom is -0.332 e. The Morgan fingerprint density at radius 1 is 1.32 bits per heavy atom. The molecule has 3 rings (SSSR count). The van der Waals surface area contributed by atoms with Crippen molar-refractivity contribution in [1.29, 1.82) is 5.26 Å². The van der Waals surface area contributed by atoms with Crippen LogP contribution in [0.25, 0.3) is 11.0 Å². The lowest BCUT2D eigenvalue weighted by Crippen LogP contribution is -2.06. The highest BCUT2D eigenvalue weighted by Crippen LogP contribution is 2.18. The van der Waals surface area contributed by atoms with Crippen molar-refractivity contribution >= 4 is 22.7 Å². The van der Waals surface area contributed by atoms with Crippen molar-refractivity contribution in [1.82, 2.24) is 14.5 Å². The number of hydrogen-bond acceptors (Lipinski definition) is 5. The summed E-state index contributed by atoms with van der Waals surface area (Å²) in [5.74, 6) is 0.510. The predicted octanol–water partition coefficient (Wildman–Crippen LogP) is 2.40. The summed E-state index contributed by atoms with van der Waals surface area (Å²) in [6.07, 6.45) is 4.69. The van der Waals surface area contributed by atoms with Crippen LogP contribution < -0.4 is 11.1 Å². The summed E-state index contributed by atoms with van der Waals surface area (Å²) in [4.78, 5) is 8.86. The molecule has 0 spiro atoms. The Bertz CT molecular complexity index is 830. The first-order chi connectivity index (χ1) is 10.8. The quantitative estimate of drug-likeness (QED) is 0.753. The van der Waals surface area contributed by atoms with E-state index < -0.39 is 0 Å². The molecule has 0 aliphatic heterocycles. The average molecular weight is 292 g/mol. The molecule has 0 atom stereocenters. The van der Waals surface area contributed by atoms with Crippen LogP contribution in [0.4, 0.5) is 11.6 Å². The first-order valence-corrected chi connectivity index (χ1v) is 7.09. The van der Waals surface area contributed by atoms with Crippen LogP contribution in [0.2, 0.25) is 0 Å². The van der Waals surface area contributed by atoms with Crippen LogP contribution in [0, 0.1) is 11.3 Å². The smallest absolute Gasteiger partial charge is 0.229 e. The summed E-state index contributed by atoms with van der Waals surface area (Å²) in [7, 11) is 0. The van der Waals surface area contributed by atoms with Crippen molar-refractivity contribution in [3.8, 4) is 6.07 Å². The van der Waals surface area contributed by atoms with Gasteiger partial charge in [0, 0.05) is 30.0 Å². The van der Waals surface area contributed by atoms with Gasteiger partial charge in [0.15, 0.2) is 0 Å². The Kier molecular flexibility index (Phi) is 3.99. The number of nitrogens with one attached hydrogen (secondary N) is 1. The van der Waals surface area contributed by atoms with E-state index in [-0.39, 0.29) is 0 Å². The molecule has 3 aromatic rings. The van der Waals surface area contributed by atoms with Gasteiger partial charge in [-0.15, -0.1) is 0 Å². The first-order valence-electron chi connectivity index (χ1n) is 7.09. The molecule has 3 N–H and O–H groups in total. The molecule has 0 fully saturated rings. The van der Waals surface area contributed by atoms with E-state index in [1.54, 1.807) is 18.3 Å². The lowest BCUT2D eigenvalue weighted by molar-refractivity contribution is 0.666. The topological polar surface area (TPSA) is 92.5 Å². The van der Waals surface area contributed by atoms with Gasteiger partial charge in [-0.1, -0.05) is 6.07 Å². The van der Waals surface area contributed by atoms with E-state index in [2.05, 4.69) is 25.9 Å².